The van der Waals surface area contributed by atoms with Crippen molar-refractivity contribution < 1.29 is 0 Å². The van der Waals surface area contributed by atoms with Crippen molar-refractivity contribution in [1.82, 2.24) is 19.3 Å². The first-order chi connectivity index (χ1) is 10.1. The van der Waals surface area contributed by atoms with Gasteiger partial charge in [0, 0.05) is 11.5 Å². The smallest absolute Gasteiger partial charge is 0.163 e. The van der Waals surface area contributed by atoms with Gasteiger partial charge in [-0.05, 0) is 37.1 Å². The Balaban J connectivity index is 2.37. The zero-order valence-electron chi connectivity index (χ0n) is 12.2. The van der Waals surface area contributed by atoms with Crippen molar-refractivity contribution in [2.45, 2.75) is 26.1 Å². The van der Waals surface area contributed by atoms with E-state index in [0.29, 0.717) is 5.88 Å². The van der Waals surface area contributed by atoms with E-state index in [1.165, 1.54) is 0 Å². The van der Waals surface area contributed by atoms with Crippen LogP contribution in [0.2, 0.25) is 0 Å². The minimum Gasteiger partial charge on any atom is -0.280 e. The quantitative estimate of drug-likeness (QED) is 0.652. The first kappa shape index (κ1) is 14.6. The van der Waals surface area contributed by atoms with Gasteiger partial charge in [0.1, 0.15) is 11.3 Å². The number of alkyl halides is 1. The number of fused-ring (bicyclic) bond motifs is 1. The standard InChI is InChI=1S/C15H16BrClN4/c1-4-11-14-15(20(3)19-11)21(13(8-17)18-14)12-6-5-10(16)7-9(12)2/h5-7H,4,8H2,1-3H3. The van der Waals surface area contributed by atoms with Gasteiger partial charge in [-0.15, -0.1) is 11.6 Å². The van der Waals surface area contributed by atoms with Crippen LogP contribution in [0, 0.1) is 6.92 Å². The molecule has 3 aromatic rings. The van der Waals surface area contributed by atoms with Crippen LogP contribution in [0.15, 0.2) is 22.7 Å². The van der Waals surface area contributed by atoms with Crippen LogP contribution in [0.25, 0.3) is 16.9 Å². The summed E-state index contributed by atoms with van der Waals surface area (Å²) in [7, 11) is 1.95. The predicted molar refractivity (Wildman–Crippen MR) is 89.2 cm³/mol. The van der Waals surface area contributed by atoms with Crippen LogP contribution >= 0.6 is 27.5 Å². The van der Waals surface area contributed by atoms with Crippen LogP contribution in [0.3, 0.4) is 0 Å². The molecule has 0 fully saturated rings. The van der Waals surface area contributed by atoms with E-state index in [9.17, 15) is 0 Å². The van der Waals surface area contributed by atoms with Crippen molar-refractivity contribution in [3.63, 3.8) is 0 Å². The van der Waals surface area contributed by atoms with Gasteiger partial charge >= 0.3 is 0 Å². The molecule has 0 radical (unpaired) electrons. The zero-order valence-corrected chi connectivity index (χ0v) is 14.5. The molecular formula is C15H16BrClN4. The van der Waals surface area contributed by atoms with Crippen molar-refractivity contribution in [2.24, 2.45) is 7.05 Å². The third-order valence-electron chi connectivity index (χ3n) is 3.63. The second kappa shape index (κ2) is 5.46. The lowest BCUT2D eigenvalue weighted by Crippen LogP contribution is -2.05. The van der Waals surface area contributed by atoms with E-state index in [-0.39, 0.29) is 0 Å². The summed E-state index contributed by atoms with van der Waals surface area (Å²) in [4.78, 5) is 4.70. The third-order valence-corrected chi connectivity index (χ3v) is 4.36. The molecule has 0 spiro atoms. The normalized spacial score (nSPS) is 11.5. The predicted octanol–water partition coefficient (Wildman–Crippen LogP) is 4.13. The molecule has 21 heavy (non-hydrogen) atoms. The molecule has 2 heterocycles. The van der Waals surface area contributed by atoms with Crippen LogP contribution in [0.5, 0.6) is 0 Å². The van der Waals surface area contributed by atoms with Gasteiger partial charge < -0.3 is 0 Å². The minimum absolute atomic E-state index is 0.368. The Morgan fingerprint density at radius 2 is 2.10 bits per heavy atom. The first-order valence-electron chi connectivity index (χ1n) is 6.82. The van der Waals surface area contributed by atoms with Crippen LogP contribution in [-0.4, -0.2) is 19.3 Å². The minimum atomic E-state index is 0.368. The lowest BCUT2D eigenvalue weighted by atomic mass is 10.2. The number of halogens is 2. The molecule has 0 aliphatic rings. The largest absolute Gasteiger partial charge is 0.280 e. The fourth-order valence-electron chi connectivity index (χ4n) is 2.68. The van der Waals surface area contributed by atoms with E-state index >= 15 is 0 Å². The molecule has 0 atom stereocenters. The molecule has 2 aromatic heterocycles. The molecule has 110 valence electrons. The number of hydrogen-bond acceptors (Lipinski definition) is 2. The highest BCUT2D eigenvalue weighted by atomic mass is 79.9. The molecular weight excluding hydrogens is 352 g/mol. The van der Waals surface area contributed by atoms with Crippen molar-refractivity contribution in [1.29, 1.82) is 0 Å². The fourth-order valence-corrected chi connectivity index (χ4v) is 3.33. The summed E-state index contributed by atoms with van der Waals surface area (Å²) in [5, 5.41) is 4.56. The average Bonchev–Trinajstić information content (AvgIpc) is 2.97. The second-order valence-electron chi connectivity index (χ2n) is 5.02. The third kappa shape index (κ3) is 2.28. The van der Waals surface area contributed by atoms with E-state index in [2.05, 4.69) is 51.6 Å². The average molecular weight is 368 g/mol. The lowest BCUT2D eigenvalue weighted by Gasteiger charge is -2.11. The van der Waals surface area contributed by atoms with E-state index in [1.54, 1.807) is 0 Å². The molecule has 6 heteroatoms. The van der Waals surface area contributed by atoms with Gasteiger partial charge in [0.25, 0.3) is 0 Å². The summed E-state index contributed by atoms with van der Waals surface area (Å²) in [6.07, 6.45) is 0.857. The number of aromatic nitrogens is 4. The van der Waals surface area contributed by atoms with Crippen molar-refractivity contribution in [3.05, 3.63) is 39.8 Å². The summed E-state index contributed by atoms with van der Waals surface area (Å²) < 4.78 is 5.06. The monoisotopic (exact) mass is 366 g/mol. The Labute approximate surface area is 136 Å². The summed E-state index contributed by atoms with van der Waals surface area (Å²) in [5.74, 6) is 1.22. The first-order valence-corrected chi connectivity index (χ1v) is 8.15. The SMILES string of the molecule is CCc1nn(C)c2c1nc(CCl)n2-c1ccc(Br)cc1C. The molecule has 4 nitrogen and oxygen atoms in total. The molecule has 0 amide bonds. The van der Waals surface area contributed by atoms with Crippen LogP contribution < -0.4 is 0 Å². The van der Waals surface area contributed by atoms with Crippen molar-refractivity contribution >= 4 is 38.7 Å². The van der Waals surface area contributed by atoms with Gasteiger partial charge in [-0.3, -0.25) is 4.57 Å². The number of nitrogens with zero attached hydrogens (tertiary/aromatic N) is 4. The Morgan fingerprint density at radius 1 is 1.33 bits per heavy atom. The maximum absolute atomic E-state index is 6.12. The van der Waals surface area contributed by atoms with Gasteiger partial charge in [0.15, 0.2) is 5.65 Å². The van der Waals surface area contributed by atoms with Crippen LogP contribution in [0.1, 0.15) is 24.0 Å². The number of rotatable bonds is 3. The molecule has 0 aliphatic carbocycles. The highest BCUT2D eigenvalue weighted by Gasteiger charge is 2.20. The maximum atomic E-state index is 6.12. The number of aryl methyl sites for hydroxylation is 3. The Bertz CT molecular complexity index is 819. The zero-order chi connectivity index (χ0) is 15.1. The number of hydrogen-bond donors (Lipinski definition) is 0. The molecule has 0 N–H and O–H groups in total. The van der Waals surface area contributed by atoms with Gasteiger partial charge in [-0.2, -0.15) is 5.10 Å². The van der Waals surface area contributed by atoms with Crippen LogP contribution in [0.4, 0.5) is 0 Å². The summed E-state index contributed by atoms with van der Waals surface area (Å²) >= 11 is 9.63. The molecule has 0 unspecified atom stereocenters. The topological polar surface area (TPSA) is 35.6 Å². The molecule has 3 rings (SSSR count). The van der Waals surface area contributed by atoms with Crippen molar-refractivity contribution in [2.75, 3.05) is 0 Å². The molecule has 0 bridgehead atoms. The molecule has 0 saturated carbocycles. The molecule has 0 aliphatic heterocycles. The van der Waals surface area contributed by atoms with Crippen molar-refractivity contribution in [3.8, 4) is 5.69 Å². The van der Waals surface area contributed by atoms with Gasteiger partial charge in [-0.1, -0.05) is 22.9 Å². The summed E-state index contributed by atoms with van der Waals surface area (Å²) in [6, 6.07) is 6.20. The van der Waals surface area contributed by atoms with E-state index < -0.39 is 0 Å². The summed E-state index contributed by atoms with van der Waals surface area (Å²) in [5.41, 5.74) is 5.19. The highest BCUT2D eigenvalue weighted by molar-refractivity contribution is 9.10. The maximum Gasteiger partial charge on any atom is 0.163 e. The Hall–Kier alpha value is -1.33. The highest BCUT2D eigenvalue weighted by Crippen LogP contribution is 2.28. The van der Waals surface area contributed by atoms with E-state index in [0.717, 1.165) is 44.8 Å². The van der Waals surface area contributed by atoms with Gasteiger partial charge in [0.05, 0.1) is 17.3 Å². The van der Waals surface area contributed by atoms with E-state index in [1.807, 2.05) is 17.8 Å². The number of benzene rings is 1. The molecule has 1 aromatic carbocycles. The number of imidazole rings is 1. The fraction of sp³-hybridized carbons (Fsp3) is 0.333. The van der Waals surface area contributed by atoms with E-state index in [4.69, 9.17) is 16.6 Å². The summed E-state index contributed by atoms with van der Waals surface area (Å²) in [6.45, 7) is 4.17. The van der Waals surface area contributed by atoms with Crippen LogP contribution in [-0.2, 0) is 19.3 Å². The van der Waals surface area contributed by atoms with Gasteiger partial charge in [0.2, 0.25) is 0 Å². The Kier molecular flexibility index (Phi) is 3.80. The lowest BCUT2D eigenvalue weighted by molar-refractivity contribution is 0.744. The Morgan fingerprint density at radius 3 is 2.71 bits per heavy atom. The van der Waals surface area contributed by atoms with Gasteiger partial charge in [-0.25, -0.2) is 9.67 Å². The second-order valence-corrected chi connectivity index (χ2v) is 6.21. The molecule has 0 saturated heterocycles.